The number of likely N-dealkylation sites (tertiary alicyclic amines) is 1. The van der Waals surface area contributed by atoms with E-state index in [2.05, 4.69) is 17.0 Å². The van der Waals surface area contributed by atoms with E-state index in [1.807, 2.05) is 12.1 Å². The second kappa shape index (κ2) is 5.01. The number of rotatable bonds is 1. The Balaban J connectivity index is 1.69. The standard InChI is InChI=1S/C15H20N2O/c16-15(17-8-4-1-5-9-17)13-10-12-6-2-3-7-14(12)18-11-13/h2-3,6-7,13,16H,1,4-5,8-11H2. The molecule has 0 saturated carbocycles. The number of hydrogen-bond donors (Lipinski definition) is 1. The van der Waals surface area contributed by atoms with Gasteiger partial charge in [-0.2, -0.15) is 0 Å². The Morgan fingerprint density at radius 1 is 1.17 bits per heavy atom. The summed E-state index contributed by atoms with van der Waals surface area (Å²) in [5, 5.41) is 8.36. The van der Waals surface area contributed by atoms with Gasteiger partial charge in [-0.05, 0) is 37.3 Å². The zero-order valence-electron chi connectivity index (χ0n) is 10.7. The van der Waals surface area contributed by atoms with Gasteiger partial charge in [-0.3, -0.25) is 5.41 Å². The van der Waals surface area contributed by atoms with Gasteiger partial charge in [0.1, 0.15) is 11.6 Å². The van der Waals surface area contributed by atoms with E-state index in [0.717, 1.165) is 31.1 Å². The van der Waals surface area contributed by atoms with E-state index in [9.17, 15) is 0 Å². The van der Waals surface area contributed by atoms with Crippen molar-refractivity contribution in [3.63, 3.8) is 0 Å². The Hall–Kier alpha value is -1.51. The summed E-state index contributed by atoms with van der Waals surface area (Å²) < 4.78 is 5.78. The molecule has 2 aliphatic rings. The van der Waals surface area contributed by atoms with Crippen LogP contribution in [-0.2, 0) is 6.42 Å². The maximum absolute atomic E-state index is 8.36. The number of benzene rings is 1. The second-order valence-electron chi connectivity index (χ2n) is 5.25. The Labute approximate surface area is 108 Å². The van der Waals surface area contributed by atoms with E-state index in [1.54, 1.807) is 0 Å². The summed E-state index contributed by atoms with van der Waals surface area (Å²) in [6.45, 7) is 2.76. The summed E-state index contributed by atoms with van der Waals surface area (Å²) in [5.74, 6) is 2.02. The van der Waals surface area contributed by atoms with Gasteiger partial charge < -0.3 is 9.64 Å². The van der Waals surface area contributed by atoms with E-state index in [1.165, 1.54) is 24.8 Å². The molecule has 1 aromatic rings. The fraction of sp³-hybridized carbons (Fsp3) is 0.533. The first kappa shape index (κ1) is 11.6. The number of nitrogens with zero attached hydrogens (tertiary/aromatic N) is 1. The van der Waals surface area contributed by atoms with Crippen molar-refractivity contribution in [1.82, 2.24) is 4.90 Å². The van der Waals surface area contributed by atoms with Crippen molar-refractivity contribution >= 4 is 5.84 Å². The van der Waals surface area contributed by atoms with Crippen LogP contribution in [0.15, 0.2) is 24.3 Å². The van der Waals surface area contributed by atoms with E-state index >= 15 is 0 Å². The number of nitrogens with one attached hydrogen (secondary N) is 1. The lowest BCUT2D eigenvalue weighted by molar-refractivity contribution is 0.237. The molecule has 18 heavy (non-hydrogen) atoms. The lowest BCUT2D eigenvalue weighted by Crippen LogP contribution is -2.42. The molecule has 0 amide bonds. The predicted molar refractivity (Wildman–Crippen MR) is 72.3 cm³/mol. The molecule has 1 aromatic carbocycles. The van der Waals surface area contributed by atoms with E-state index in [4.69, 9.17) is 10.1 Å². The second-order valence-corrected chi connectivity index (χ2v) is 5.25. The van der Waals surface area contributed by atoms with Gasteiger partial charge >= 0.3 is 0 Å². The average Bonchev–Trinajstić information content (AvgIpc) is 2.47. The summed E-state index contributed by atoms with van der Waals surface area (Å²) in [6, 6.07) is 8.20. The zero-order chi connectivity index (χ0) is 12.4. The van der Waals surface area contributed by atoms with Crippen molar-refractivity contribution in [3.05, 3.63) is 29.8 Å². The van der Waals surface area contributed by atoms with E-state index in [0.29, 0.717) is 6.61 Å². The molecule has 3 heteroatoms. The molecule has 1 unspecified atom stereocenters. The van der Waals surface area contributed by atoms with Crippen molar-refractivity contribution in [2.75, 3.05) is 19.7 Å². The molecule has 1 atom stereocenters. The minimum absolute atomic E-state index is 0.234. The average molecular weight is 244 g/mol. The quantitative estimate of drug-likeness (QED) is 0.609. The highest BCUT2D eigenvalue weighted by Gasteiger charge is 2.27. The molecule has 3 nitrogen and oxygen atoms in total. The third-order valence-corrected chi connectivity index (χ3v) is 3.96. The smallest absolute Gasteiger partial charge is 0.122 e. The summed E-state index contributed by atoms with van der Waals surface area (Å²) in [6.07, 6.45) is 4.72. The van der Waals surface area contributed by atoms with Gasteiger partial charge in [-0.25, -0.2) is 0 Å². The first-order valence-corrected chi connectivity index (χ1v) is 6.88. The molecular formula is C15H20N2O. The third kappa shape index (κ3) is 2.22. The molecule has 3 rings (SSSR count). The molecule has 0 bridgehead atoms. The summed E-state index contributed by atoms with van der Waals surface area (Å²) in [5.41, 5.74) is 1.25. The van der Waals surface area contributed by atoms with Crippen LogP contribution in [0, 0.1) is 11.3 Å². The van der Waals surface area contributed by atoms with Crippen LogP contribution in [0.2, 0.25) is 0 Å². The topological polar surface area (TPSA) is 36.3 Å². The van der Waals surface area contributed by atoms with Gasteiger partial charge in [-0.15, -0.1) is 0 Å². The van der Waals surface area contributed by atoms with Crippen LogP contribution in [0.5, 0.6) is 5.75 Å². The highest BCUT2D eigenvalue weighted by atomic mass is 16.5. The largest absolute Gasteiger partial charge is 0.493 e. The third-order valence-electron chi connectivity index (χ3n) is 3.96. The number of hydrogen-bond acceptors (Lipinski definition) is 2. The molecule has 96 valence electrons. The Bertz CT molecular complexity index is 438. The molecule has 1 fully saturated rings. The molecule has 1 N–H and O–H groups in total. The van der Waals surface area contributed by atoms with Crippen molar-refractivity contribution < 1.29 is 4.74 Å². The molecule has 2 heterocycles. The van der Waals surface area contributed by atoms with Crippen LogP contribution in [-0.4, -0.2) is 30.4 Å². The Morgan fingerprint density at radius 2 is 1.94 bits per heavy atom. The van der Waals surface area contributed by atoms with Crippen LogP contribution in [0.1, 0.15) is 24.8 Å². The fourth-order valence-corrected chi connectivity index (χ4v) is 2.90. The van der Waals surface area contributed by atoms with Crippen LogP contribution >= 0.6 is 0 Å². The molecule has 0 aliphatic carbocycles. The van der Waals surface area contributed by atoms with Crippen molar-refractivity contribution in [3.8, 4) is 5.75 Å². The summed E-state index contributed by atoms with van der Waals surface area (Å²) in [7, 11) is 0. The summed E-state index contributed by atoms with van der Waals surface area (Å²) >= 11 is 0. The minimum atomic E-state index is 0.234. The molecule has 0 aromatic heterocycles. The van der Waals surface area contributed by atoms with Crippen LogP contribution in [0.3, 0.4) is 0 Å². The van der Waals surface area contributed by atoms with Crippen molar-refractivity contribution in [1.29, 1.82) is 5.41 Å². The van der Waals surface area contributed by atoms with Crippen LogP contribution in [0.25, 0.3) is 0 Å². The SMILES string of the molecule is N=C(C1COc2ccccc2C1)N1CCCCC1. The predicted octanol–water partition coefficient (Wildman–Crippen LogP) is 2.70. The highest BCUT2D eigenvalue weighted by molar-refractivity contribution is 5.82. The highest BCUT2D eigenvalue weighted by Crippen LogP contribution is 2.28. The van der Waals surface area contributed by atoms with Gasteiger partial charge in [-0.1, -0.05) is 18.2 Å². The van der Waals surface area contributed by atoms with Crippen LogP contribution in [0.4, 0.5) is 0 Å². The van der Waals surface area contributed by atoms with E-state index < -0.39 is 0 Å². The van der Waals surface area contributed by atoms with Gasteiger partial charge in [0.25, 0.3) is 0 Å². The maximum Gasteiger partial charge on any atom is 0.122 e. The van der Waals surface area contributed by atoms with Crippen LogP contribution < -0.4 is 4.74 Å². The molecule has 2 aliphatic heterocycles. The van der Waals surface area contributed by atoms with Gasteiger partial charge in [0.15, 0.2) is 0 Å². The normalized spacial score (nSPS) is 23.1. The first-order chi connectivity index (χ1) is 8.84. The van der Waals surface area contributed by atoms with E-state index in [-0.39, 0.29) is 5.92 Å². The van der Waals surface area contributed by atoms with Gasteiger partial charge in [0, 0.05) is 13.1 Å². The molecule has 0 spiro atoms. The number of piperidine rings is 1. The lowest BCUT2D eigenvalue weighted by atomic mass is 9.94. The van der Waals surface area contributed by atoms with Gasteiger partial charge in [0.2, 0.25) is 0 Å². The first-order valence-electron chi connectivity index (χ1n) is 6.88. The zero-order valence-corrected chi connectivity index (χ0v) is 10.7. The number of para-hydroxylation sites is 1. The number of ether oxygens (including phenoxy) is 1. The molecule has 0 radical (unpaired) electrons. The molecule has 1 saturated heterocycles. The van der Waals surface area contributed by atoms with Crippen molar-refractivity contribution in [2.45, 2.75) is 25.7 Å². The monoisotopic (exact) mass is 244 g/mol. The number of amidine groups is 1. The Kier molecular flexibility index (Phi) is 3.22. The fourth-order valence-electron chi connectivity index (χ4n) is 2.90. The number of fused-ring (bicyclic) bond motifs is 1. The Morgan fingerprint density at radius 3 is 2.78 bits per heavy atom. The lowest BCUT2D eigenvalue weighted by Gasteiger charge is -2.34. The van der Waals surface area contributed by atoms with Gasteiger partial charge in [0.05, 0.1) is 12.5 Å². The molecular weight excluding hydrogens is 224 g/mol. The minimum Gasteiger partial charge on any atom is -0.493 e. The maximum atomic E-state index is 8.36. The van der Waals surface area contributed by atoms with Crippen molar-refractivity contribution in [2.24, 2.45) is 5.92 Å². The summed E-state index contributed by atoms with van der Waals surface area (Å²) in [4.78, 5) is 2.24.